The molecule has 1 aliphatic carbocycles. The van der Waals surface area contributed by atoms with Gasteiger partial charge in [0.25, 0.3) is 5.91 Å². The third-order valence-electron chi connectivity index (χ3n) is 5.71. The Morgan fingerprint density at radius 1 is 0.971 bits per heavy atom. The lowest BCUT2D eigenvalue weighted by Crippen LogP contribution is -2.22. The van der Waals surface area contributed by atoms with E-state index < -0.39 is 0 Å². The van der Waals surface area contributed by atoms with E-state index in [4.69, 9.17) is 14.2 Å². The molecule has 0 saturated heterocycles. The Labute approximate surface area is 202 Å². The molecule has 0 unspecified atom stereocenters. The number of aromatic nitrogens is 2. The highest BCUT2D eigenvalue weighted by molar-refractivity contribution is 5.99. The Morgan fingerprint density at radius 3 is 2.63 bits per heavy atom. The lowest BCUT2D eigenvalue weighted by Gasteiger charge is -2.15. The number of carbonyl (C=O) groups is 1. The molecule has 0 bridgehead atoms. The predicted octanol–water partition coefficient (Wildman–Crippen LogP) is 5.32. The molecule has 2 aromatic carbocycles. The molecule has 0 aliphatic heterocycles. The number of methoxy groups -OCH3 is 2. The van der Waals surface area contributed by atoms with E-state index in [-0.39, 0.29) is 5.91 Å². The van der Waals surface area contributed by atoms with Gasteiger partial charge < -0.3 is 19.5 Å². The zero-order chi connectivity index (χ0) is 24.2. The second-order valence-electron chi connectivity index (χ2n) is 7.86. The fraction of sp³-hybridized carbons (Fsp3) is 0.107. The monoisotopic (exact) mass is 465 g/mol. The lowest BCUT2D eigenvalue weighted by molar-refractivity contribution is 0.0973. The first kappa shape index (κ1) is 22.2. The quantitative estimate of drug-likeness (QED) is 0.415. The van der Waals surface area contributed by atoms with Gasteiger partial charge in [-0.05, 0) is 60.5 Å². The van der Waals surface area contributed by atoms with Gasteiger partial charge in [0.2, 0.25) is 0 Å². The summed E-state index contributed by atoms with van der Waals surface area (Å²) >= 11 is 0. The number of pyridine rings is 2. The summed E-state index contributed by atoms with van der Waals surface area (Å²) in [6.07, 6.45) is 11.5. The van der Waals surface area contributed by atoms with Crippen molar-refractivity contribution in [2.24, 2.45) is 0 Å². The molecule has 2 aromatic heterocycles. The largest absolute Gasteiger partial charge is 0.493 e. The van der Waals surface area contributed by atoms with Gasteiger partial charge in [0.1, 0.15) is 11.5 Å². The molecule has 0 saturated carbocycles. The Balaban J connectivity index is 1.45. The standard InChI is InChI=1S/C28H23N3O4/c1-33-26-15-22-24(16-27(26)34-2)30-13-11-25(22)35-20-9-10-21-18(14-20)6-3-4-8-23(21)31-28(32)19-7-5-12-29-17-19/h3-5,7-17H,6H2,1-2H3,(H,31,32). The van der Waals surface area contributed by atoms with Gasteiger partial charge in [-0.2, -0.15) is 0 Å². The molecule has 1 N–H and O–H groups in total. The first-order valence-electron chi connectivity index (χ1n) is 11.1. The number of allylic oxidation sites excluding steroid dienone is 3. The molecular weight excluding hydrogens is 442 g/mol. The summed E-state index contributed by atoms with van der Waals surface area (Å²) in [4.78, 5) is 21.2. The fourth-order valence-corrected chi connectivity index (χ4v) is 3.98. The van der Waals surface area contributed by atoms with E-state index in [1.54, 1.807) is 44.9 Å². The van der Waals surface area contributed by atoms with Crippen LogP contribution in [-0.2, 0) is 6.42 Å². The molecule has 7 nitrogen and oxygen atoms in total. The van der Waals surface area contributed by atoms with E-state index in [0.29, 0.717) is 35.0 Å². The maximum Gasteiger partial charge on any atom is 0.257 e. The van der Waals surface area contributed by atoms with E-state index in [2.05, 4.69) is 15.3 Å². The summed E-state index contributed by atoms with van der Waals surface area (Å²) in [5.74, 6) is 2.33. The van der Waals surface area contributed by atoms with Crippen molar-refractivity contribution in [2.45, 2.75) is 6.42 Å². The van der Waals surface area contributed by atoms with Crippen molar-refractivity contribution in [1.29, 1.82) is 0 Å². The van der Waals surface area contributed by atoms with Gasteiger partial charge in [-0.25, -0.2) is 0 Å². The zero-order valence-electron chi connectivity index (χ0n) is 19.3. The molecule has 1 aliphatic rings. The summed E-state index contributed by atoms with van der Waals surface area (Å²) in [7, 11) is 3.19. The number of hydrogen-bond donors (Lipinski definition) is 1. The third kappa shape index (κ3) is 4.56. The summed E-state index contributed by atoms with van der Waals surface area (Å²) in [5, 5.41) is 3.81. The van der Waals surface area contributed by atoms with E-state index in [1.807, 2.05) is 54.6 Å². The molecule has 0 fully saturated rings. The summed E-state index contributed by atoms with van der Waals surface area (Å²) < 4.78 is 17.1. The number of ether oxygens (including phenoxy) is 3. The summed E-state index contributed by atoms with van der Waals surface area (Å²) in [6.45, 7) is 0. The van der Waals surface area contributed by atoms with Gasteiger partial charge in [0.05, 0.1) is 25.3 Å². The van der Waals surface area contributed by atoms with Gasteiger partial charge >= 0.3 is 0 Å². The van der Waals surface area contributed by atoms with Crippen LogP contribution in [0.1, 0.15) is 21.5 Å². The van der Waals surface area contributed by atoms with Crippen LogP contribution in [0.4, 0.5) is 0 Å². The Morgan fingerprint density at radius 2 is 1.83 bits per heavy atom. The van der Waals surface area contributed by atoms with Crippen LogP contribution in [0, 0.1) is 0 Å². The van der Waals surface area contributed by atoms with Crippen LogP contribution in [0.25, 0.3) is 16.6 Å². The molecule has 0 spiro atoms. The highest BCUT2D eigenvalue weighted by Gasteiger charge is 2.16. The van der Waals surface area contributed by atoms with Crippen molar-refractivity contribution in [3.8, 4) is 23.0 Å². The molecule has 5 rings (SSSR count). The van der Waals surface area contributed by atoms with Crippen molar-refractivity contribution in [3.63, 3.8) is 0 Å². The molecule has 2 heterocycles. The molecule has 174 valence electrons. The average Bonchev–Trinajstić information content (AvgIpc) is 3.10. The maximum absolute atomic E-state index is 12.7. The number of carbonyl (C=O) groups excluding carboxylic acids is 1. The van der Waals surface area contributed by atoms with Crippen LogP contribution < -0.4 is 19.5 Å². The van der Waals surface area contributed by atoms with Crippen LogP contribution in [-0.4, -0.2) is 30.1 Å². The average molecular weight is 466 g/mol. The molecule has 0 radical (unpaired) electrons. The second-order valence-corrected chi connectivity index (χ2v) is 7.86. The maximum atomic E-state index is 12.7. The summed E-state index contributed by atoms with van der Waals surface area (Å²) in [6, 6.07) is 14.8. The number of fused-ring (bicyclic) bond motifs is 2. The van der Waals surface area contributed by atoms with Crippen molar-refractivity contribution >= 4 is 22.5 Å². The fourth-order valence-electron chi connectivity index (χ4n) is 3.98. The molecule has 35 heavy (non-hydrogen) atoms. The van der Waals surface area contributed by atoms with Gasteiger partial charge in [-0.1, -0.05) is 12.2 Å². The Hall–Kier alpha value is -4.65. The van der Waals surface area contributed by atoms with Gasteiger partial charge in [0, 0.05) is 41.3 Å². The number of benzene rings is 2. The van der Waals surface area contributed by atoms with Crippen LogP contribution in [0.2, 0.25) is 0 Å². The van der Waals surface area contributed by atoms with Gasteiger partial charge in [-0.15, -0.1) is 0 Å². The first-order chi connectivity index (χ1) is 17.2. The van der Waals surface area contributed by atoms with Crippen molar-refractivity contribution < 1.29 is 19.0 Å². The highest BCUT2D eigenvalue weighted by Crippen LogP contribution is 2.37. The topological polar surface area (TPSA) is 82.6 Å². The lowest BCUT2D eigenvalue weighted by atomic mass is 10.0. The second kappa shape index (κ2) is 9.69. The molecular formula is C28H23N3O4. The minimum Gasteiger partial charge on any atom is -0.493 e. The minimum absolute atomic E-state index is 0.210. The minimum atomic E-state index is -0.210. The predicted molar refractivity (Wildman–Crippen MR) is 134 cm³/mol. The zero-order valence-corrected chi connectivity index (χ0v) is 19.3. The Bertz CT molecular complexity index is 1460. The third-order valence-corrected chi connectivity index (χ3v) is 5.71. The van der Waals surface area contributed by atoms with Crippen molar-refractivity contribution in [1.82, 2.24) is 15.3 Å². The SMILES string of the molecule is COc1cc2nccc(Oc3ccc4c(c3)CC=CC=C4NC(=O)c3cccnc3)c2cc1OC. The molecule has 7 heteroatoms. The Kier molecular flexibility index (Phi) is 6.13. The molecule has 0 atom stereocenters. The summed E-state index contributed by atoms with van der Waals surface area (Å²) in [5.41, 5.74) is 3.93. The number of rotatable bonds is 6. The van der Waals surface area contributed by atoms with Crippen LogP contribution in [0.5, 0.6) is 23.0 Å². The number of nitrogens with zero attached hydrogens (tertiary/aromatic N) is 2. The van der Waals surface area contributed by atoms with Crippen LogP contribution in [0.3, 0.4) is 0 Å². The van der Waals surface area contributed by atoms with E-state index >= 15 is 0 Å². The van der Waals surface area contributed by atoms with Crippen molar-refractivity contribution in [2.75, 3.05) is 14.2 Å². The number of hydrogen-bond acceptors (Lipinski definition) is 6. The number of amides is 1. The van der Waals surface area contributed by atoms with E-state index in [1.165, 1.54) is 0 Å². The molecule has 1 amide bonds. The molecule has 4 aromatic rings. The number of nitrogens with one attached hydrogen (secondary N) is 1. The smallest absolute Gasteiger partial charge is 0.257 e. The first-order valence-corrected chi connectivity index (χ1v) is 11.1. The van der Waals surface area contributed by atoms with E-state index in [9.17, 15) is 4.79 Å². The van der Waals surface area contributed by atoms with Crippen LogP contribution >= 0.6 is 0 Å². The van der Waals surface area contributed by atoms with Crippen LogP contribution in [0.15, 0.2) is 85.3 Å². The van der Waals surface area contributed by atoms with Crippen molar-refractivity contribution in [3.05, 3.63) is 102 Å². The van der Waals surface area contributed by atoms with Gasteiger partial charge in [0.15, 0.2) is 11.5 Å². The normalized spacial score (nSPS) is 12.3. The van der Waals surface area contributed by atoms with E-state index in [0.717, 1.165) is 27.7 Å². The van der Waals surface area contributed by atoms with Gasteiger partial charge in [-0.3, -0.25) is 14.8 Å². The highest BCUT2D eigenvalue weighted by atomic mass is 16.5.